The van der Waals surface area contributed by atoms with Crippen LogP contribution in [0.2, 0.25) is 0 Å². The van der Waals surface area contributed by atoms with Crippen molar-refractivity contribution in [1.82, 2.24) is 9.55 Å². The average molecular weight is 502 g/mol. The van der Waals surface area contributed by atoms with Crippen molar-refractivity contribution in [2.24, 2.45) is 0 Å². The fraction of sp³-hybridized carbons (Fsp3) is 0.556. The minimum absolute atomic E-state index is 0.368. The van der Waals surface area contributed by atoms with E-state index < -0.39 is 71.7 Å². The Labute approximate surface area is 163 Å². The van der Waals surface area contributed by atoms with Crippen LogP contribution in [0.25, 0.3) is 0 Å². The van der Waals surface area contributed by atoms with Crippen molar-refractivity contribution in [3.8, 4) is 0 Å². The van der Waals surface area contributed by atoms with Crippen molar-refractivity contribution in [3.63, 3.8) is 0 Å². The van der Waals surface area contributed by atoms with Crippen LogP contribution in [0.15, 0.2) is 15.8 Å². The second-order valence-corrected chi connectivity index (χ2v) is 10.00. The minimum atomic E-state index is -5.78. The van der Waals surface area contributed by atoms with Gasteiger partial charge >= 0.3 is 29.2 Å². The van der Waals surface area contributed by atoms with Crippen molar-refractivity contribution >= 4 is 23.5 Å². The van der Waals surface area contributed by atoms with E-state index in [9.17, 15) is 42.8 Å². The fourth-order valence-corrected chi connectivity index (χ4v) is 5.25. The molecule has 0 bridgehead atoms. The molecule has 21 heteroatoms. The van der Waals surface area contributed by atoms with E-state index in [0.29, 0.717) is 10.8 Å². The van der Waals surface area contributed by atoms with Crippen LogP contribution >= 0.6 is 23.5 Å². The van der Waals surface area contributed by atoms with E-state index in [4.69, 9.17) is 19.4 Å². The highest BCUT2D eigenvalue weighted by Crippen LogP contribution is 2.66. The average Bonchev–Trinajstić information content (AvgIpc) is 2.81. The maximum Gasteiger partial charge on any atom is 0.490 e. The SMILES string of the molecule is O=c1[nH]c(=O)n(C2O[C@H](COP(=O)(O)OP(=O)(O)OP(=O)(O)O)[C@@H](O)[C@H]2O)cc1F. The number of hydrogen-bond donors (Lipinski definition) is 7. The molecule has 0 amide bonds. The Hall–Kier alpha value is -1.10. The molecule has 172 valence electrons. The van der Waals surface area contributed by atoms with Crippen LogP contribution in [0, 0.1) is 5.82 Å². The van der Waals surface area contributed by atoms with E-state index in [1.54, 1.807) is 4.98 Å². The molecule has 1 aliphatic heterocycles. The van der Waals surface area contributed by atoms with Crippen LogP contribution in [-0.2, 0) is 31.6 Å². The van der Waals surface area contributed by atoms with Gasteiger partial charge in [0.2, 0.25) is 5.82 Å². The number of aliphatic hydroxyl groups is 2. The molecule has 1 fully saturated rings. The predicted molar refractivity (Wildman–Crippen MR) is 87.0 cm³/mol. The van der Waals surface area contributed by atoms with Crippen molar-refractivity contribution in [2.75, 3.05) is 6.61 Å². The van der Waals surface area contributed by atoms with Gasteiger partial charge in [-0.25, -0.2) is 18.5 Å². The first kappa shape index (κ1) is 25.2. The number of halogens is 1. The van der Waals surface area contributed by atoms with Gasteiger partial charge in [-0.05, 0) is 0 Å². The van der Waals surface area contributed by atoms with Crippen molar-refractivity contribution in [1.29, 1.82) is 0 Å². The number of phosphoric ester groups is 1. The van der Waals surface area contributed by atoms with Crippen LogP contribution in [0.5, 0.6) is 0 Å². The second-order valence-electron chi connectivity index (χ2n) is 5.58. The lowest BCUT2D eigenvalue weighted by Gasteiger charge is -2.19. The number of nitrogens with one attached hydrogen (secondary N) is 1. The fourth-order valence-electron chi connectivity index (χ4n) is 2.22. The molecule has 0 spiro atoms. The van der Waals surface area contributed by atoms with Gasteiger partial charge in [0.25, 0.3) is 5.56 Å². The number of phosphoric acid groups is 3. The molecule has 17 nitrogen and oxygen atoms in total. The second kappa shape index (κ2) is 8.80. The zero-order valence-corrected chi connectivity index (χ0v) is 16.8. The first-order chi connectivity index (χ1) is 13.5. The van der Waals surface area contributed by atoms with E-state index >= 15 is 0 Å². The zero-order chi connectivity index (χ0) is 23.1. The number of rotatable bonds is 8. The number of aromatic amines is 1. The Morgan fingerprint density at radius 1 is 1.07 bits per heavy atom. The number of aromatic nitrogens is 2. The summed E-state index contributed by atoms with van der Waals surface area (Å²) < 4.78 is 63.4. The standard InChI is InChI=1S/C9H14FN2O15P3/c10-3-1-12(9(16)11-7(3)15)8-6(14)5(13)4(25-8)2-24-29(20,21)27-30(22,23)26-28(17,18)19/h1,4-6,8,13-14H,2H2,(H,20,21)(H,22,23)(H,11,15,16)(H2,17,18,19)/t4-,5-,6-,8?/m1/s1. The Bertz CT molecular complexity index is 1050. The number of ether oxygens (including phenoxy) is 1. The molecule has 2 rings (SSSR count). The third-order valence-corrected chi connectivity index (χ3v) is 7.16. The maximum atomic E-state index is 13.4. The van der Waals surface area contributed by atoms with Crippen LogP contribution in [0.3, 0.4) is 0 Å². The molecule has 3 unspecified atom stereocenters. The van der Waals surface area contributed by atoms with Crippen LogP contribution in [-0.4, -0.2) is 64.3 Å². The maximum absolute atomic E-state index is 13.4. The van der Waals surface area contributed by atoms with Crippen molar-refractivity contribution in [3.05, 3.63) is 32.9 Å². The molecule has 0 aliphatic carbocycles. The largest absolute Gasteiger partial charge is 0.490 e. The molecule has 0 radical (unpaired) electrons. The lowest BCUT2D eigenvalue weighted by molar-refractivity contribution is -0.0546. The van der Waals surface area contributed by atoms with Crippen molar-refractivity contribution < 1.29 is 65.8 Å². The smallest absolute Gasteiger partial charge is 0.387 e. The minimum Gasteiger partial charge on any atom is -0.387 e. The summed E-state index contributed by atoms with van der Waals surface area (Å²) in [6.07, 6.45) is -6.95. The Kier molecular flexibility index (Phi) is 7.38. The Morgan fingerprint density at radius 2 is 1.67 bits per heavy atom. The number of nitrogens with zero attached hydrogens (tertiary/aromatic N) is 1. The molecule has 7 N–H and O–H groups in total. The quantitative estimate of drug-likeness (QED) is 0.183. The topological polar surface area (TPSA) is 264 Å². The molecule has 30 heavy (non-hydrogen) atoms. The molecular weight excluding hydrogens is 488 g/mol. The summed E-state index contributed by atoms with van der Waals surface area (Å²) in [5.41, 5.74) is -2.60. The van der Waals surface area contributed by atoms with Crippen LogP contribution in [0.4, 0.5) is 4.39 Å². The summed E-state index contributed by atoms with van der Waals surface area (Å²) in [5.74, 6) is -1.43. The number of H-pyrrole nitrogens is 1. The summed E-state index contributed by atoms with van der Waals surface area (Å²) in [6, 6.07) is 0. The van der Waals surface area contributed by atoms with Crippen LogP contribution in [0.1, 0.15) is 6.23 Å². The molecule has 0 saturated carbocycles. The molecule has 1 saturated heterocycles. The summed E-state index contributed by atoms with van der Waals surface area (Å²) in [5, 5.41) is 19.9. The van der Waals surface area contributed by atoms with Crippen LogP contribution < -0.4 is 11.2 Å². The van der Waals surface area contributed by atoms with Gasteiger partial charge in [-0.2, -0.15) is 13.0 Å². The highest BCUT2D eigenvalue weighted by molar-refractivity contribution is 7.66. The third kappa shape index (κ3) is 6.45. The molecule has 1 aromatic rings. The monoisotopic (exact) mass is 502 g/mol. The van der Waals surface area contributed by atoms with Gasteiger partial charge < -0.3 is 34.5 Å². The van der Waals surface area contributed by atoms with Crippen molar-refractivity contribution in [2.45, 2.75) is 24.5 Å². The zero-order valence-electron chi connectivity index (χ0n) is 14.1. The predicted octanol–water partition coefficient (Wildman–Crippen LogP) is -2.36. The van der Waals surface area contributed by atoms with E-state index in [-0.39, 0.29) is 0 Å². The van der Waals surface area contributed by atoms with E-state index in [1.165, 1.54) is 0 Å². The molecular formula is C9H14FN2O15P3. The van der Waals surface area contributed by atoms with Gasteiger partial charge in [0, 0.05) is 0 Å². The van der Waals surface area contributed by atoms with Gasteiger partial charge in [0.1, 0.15) is 18.3 Å². The molecule has 0 aromatic carbocycles. The molecule has 2 heterocycles. The van der Waals surface area contributed by atoms with Gasteiger partial charge in [0.15, 0.2) is 6.23 Å². The molecule has 1 aliphatic rings. The molecule has 1 aromatic heterocycles. The summed E-state index contributed by atoms with van der Waals surface area (Å²) in [6.45, 7) is -1.14. The highest BCUT2D eigenvalue weighted by Gasteiger charge is 2.46. The van der Waals surface area contributed by atoms with Gasteiger partial charge in [-0.3, -0.25) is 18.9 Å². The number of hydrogen-bond acceptors (Lipinski definition) is 11. The summed E-state index contributed by atoms with van der Waals surface area (Å²) in [4.78, 5) is 59.5. The Morgan fingerprint density at radius 3 is 2.23 bits per heavy atom. The van der Waals surface area contributed by atoms with Gasteiger partial charge in [-0.1, -0.05) is 0 Å². The van der Waals surface area contributed by atoms with E-state index in [1.807, 2.05) is 0 Å². The normalized spacial score (nSPS) is 28.8. The summed E-state index contributed by atoms with van der Waals surface area (Å²) >= 11 is 0. The first-order valence-corrected chi connectivity index (χ1v) is 11.8. The lowest BCUT2D eigenvalue weighted by atomic mass is 10.1. The van der Waals surface area contributed by atoms with E-state index in [2.05, 4.69) is 13.1 Å². The first-order valence-electron chi connectivity index (χ1n) is 7.32. The third-order valence-electron chi connectivity index (χ3n) is 3.35. The summed E-state index contributed by atoms with van der Waals surface area (Å²) in [7, 11) is -16.9. The van der Waals surface area contributed by atoms with Gasteiger partial charge in [0.05, 0.1) is 12.8 Å². The highest BCUT2D eigenvalue weighted by atomic mass is 31.3. The van der Waals surface area contributed by atoms with E-state index in [0.717, 1.165) is 0 Å². The number of aliphatic hydroxyl groups excluding tert-OH is 2. The molecule has 6 atom stereocenters. The lowest BCUT2D eigenvalue weighted by Crippen LogP contribution is -2.38. The van der Waals surface area contributed by atoms with Gasteiger partial charge in [-0.15, -0.1) is 0 Å². The Balaban J connectivity index is 2.09.